The molecule has 1 aromatic heterocycles. The minimum atomic E-state index is -1.18. The number of anilines is 1. The Hall–Kier alpha value is -4.74. The summed E-state index contributed by atoms with van der Waals surface area (Å²) in [6, 6.07) is 8.87. The van der Waals surface area contributed by atoms with Crippen LogP contribution in [0.3, 0.4) is 0 Å². The number of rotatable bonds is 14. The van der Waals surface area contributed by atoms with Crippen LogP contribution in [0, 0.1) is 5.92 Å². The van der Waals surface area contributed by atoms with Gasteiger partial charge < -0.3 is 30.4 Å². The molecule has 40 heavy (non-hydrogen) atoms. The van der Waals surface area contributed by atoms with Gasteiger partial charge in [0.15, 0.2) is 0 Å². The number of allylic oxidation sites excluding steroid dienone is 1. The van der Waals surface area contributed by atoms with Gasteiger partial charge in [-0.15, -0.1) is 0 Å². The third-order valence-electron chi connectivity index (χ3n) is 6.12. The summed E-state index contributed by atoms with van der Waals surface area (Å²) in [5, 5.41) is 17.0. The van der Waals surface area contributed by atoms with E-state index in [0.717, 1.165) is 4.57 Å². The van der Waals surface area contributed by atoms with Gasteiger partial charge in [-0.2, -0.15) is 0 Å². The monoisotopic (exact) mass is 554 g/mol. The first-order valence-electron chi connectivity index (χ1n) is 12.7. The Morgan fingerprint density at radius 2 is 1.75 bits per heavy atom. The highest BCUT2D eigenvalue weighted by Crippen LogP contribution is 2.09. The number of carboxylic acid groups (broad SMARTS) is 1. The van der Waals surface area contributed by atoms with Crippen LogP contribution in [-0.4, -0.2) is 58.5 Å². The van der Waals surface area contributed by atoms with Gasteiger partial charge in [-0.25, -0.2) is 9.59 Å². The first-order chi connectivity index (χ1) is 19.1. The molecule has 12 heteroatoms. The van der Waals surface area contributed by atoms with Crippen molar-refractivity contribution in [3.8, 4) is 0 Å². The Morgan fingerprint density at radius 1 is 1.05 bits per heavy atom. The van der Waals surface area contributed by atoms with Gasteiger partial charge in [-0.1, -0.05) is 44.5 Å². The summed E-state index contributed by atoms with van der Waals surface area (Å²) in [7, 11) is 1.23. The standard InChI is InChI=1S/C28H34N4O8/c1-4-18(2)24(28(38)39)31-22(33)17-32-16-10-14-21(27(32)37)30-26(36)20(13-8-9-15-23(34)40-3)29-25(35)19-11-6-5-7-12-19/h5-7,9-12,14-16,18,20,24H,4,8,13,17H2,1-3H3,(H,29,35)(H,30,36)(H,31,33)(H,38,39). The van der Waals surface area contributed by atoms with Gasteiger partial charge in [0.25, 0.3) is 11.5 Å². The summed E-state index contributed by atoms with van der Waals surface area (Å²) >= 11 is 0. The second-order valence-electron chi connectivity index (χ2n) is 9.01. The third-order valence-corrected chi connectivity index (χ3v) is 6.12. The van der Waals surface area contributed by atoms with Gasteiger partial charge in [0.1, 0.15) is 24.3 Å². The molecule has 0 saturated heterocycles. The smallest absolute Gasteiger partial charge is 0.330 e. The number of amides is 3. The van der Waals surface area contributed by atoms with Gasteiger partial charge in [0.2, 0.25) is 11.8 Å². The highest BCUT2D eigenvalue weighted by molar-refractivity contribution is 6.01. The number of nitrogens with zero attached hydrogens (tertiary/aromatic N) is 1. The van der Waals surface area contributed by atoms with E-state index in [-0.39, 0.29) is 24.4 Å². The van der Waals surface area contributed by atoms with Crippen LogP contribution in [0.25, 0.3) is 0 Å². The van der Waals surface area contributed by atoms with Crippen LogP contribution in [0.1, 0.15) is 43.5 Å². The largest absolute Gasteiger partial charge is 0.480 e. The van der Waals surface area contributed by atoms with Gasteiger partial charge in [0.05, 0.1) is 7.11 Å². The van der Waals surface area contributed by atoms with Gasteiger partial charge in [-0.05, 0) is 43.0 Å². The van der Waals surface area contributed by atoms with E-state index < -0.39 is 53.8 Å². The second kappa shape index (κ2) is 15.6. The summed E-state index contributed by atoms with van der Waals surface area (Å²) in [6.07, 6.45) is 4.90. The normalized spacial score (nSPS) is 13.1. The van der Waals surface area contributed by atoms with Crippen molar-refractivity contribution in [2.45, 2.75) is 51.7 Å². The molecule has 0 spiro atoms. The van der Waals surface area contributed by atoms with Crippen molar-refractivity contribution in [3.63, 3.8) is 0 Å². The number of ether oxygens (including phenoxy) is 1. The summed E-state index contributed by atoms with van der Waals surface area (Å²) in [4.78, 5) is 74.2. The quantitative estimate of drug-likeness (QED) is 0.202. The number of methoxy groups -OCH3 is 1. The fourth-order valence-electron chi connectivity index (χ4n) is 3.64. The number of hydrogen-bond donors (Lipinski definition) is 4. The van der Waals surface area contributed by atoms with Crippen LogP contribution in [0.15, 0.2) is 65.6 Å². The highest BCUT2D eigenvalue weighted by atomic mass is 16.5. The molecule has 0 radical (unpaired) electrons. The first kappa shape index (κ1) is 31.5. The van der Waals surface area contributed by atoms with Crippen molar-refractivity contribution in [2.24, 2.45) is 5.92 Å². The van der Waals surface area contributed by atoms with Crippen LogP contribution in [0.4, 0.5) is 5.69 Å². The Balaban J connectivity index is 2.18. The minimum absolute atomic E-state index is 0.105. The zero-order valence-electron chi connectivity index (χ0n) is 22.6. The molecule has 0 aliphatic rings. The van der Waals surface area contributed by atoms with Crippen LogP contribution < -0.4 is 21.5 Å². The lowest BCUT2D eigenvalue weighted by molar-refractivity contribution is -0.143. The summed E-state index contributed by atoms with van der Waals surface area (Å²) in [5.74, 6) is -3.94. The van der Waals surface area contributed by atoms with Crippen molar-refractivity contribution in [2.75, 3.05) is 12.4 Å². The molecule has 3 amide bonds. The number of carbonyl (C=O) groups excluding carboxylic acids is 4. The number of aliphatic carboxylic acids is 1. The number of hydrogen-bond acceptors (Lipinski definition) is 7. The van der Waals surface area contributed by atoms with Crippen molar-refractivity contribution >= 4 is 35.3 Å². The average Bonchev–Trinajstić information content (AvgIpc) is 2.94. The number of pyridine rings is 1. The molecule has 4 N–H and O–H groups in total. The number of carbonyl (C=O) groups is 5. The molecular weight excluding hydrogens is 520 g/mol. The third kappa shape index (κ3) is 9.53. The van der Waals surface area contributed by atoms with Crippen LogP contribution >= 0.6 is 0 Å². The Bertz CT molecular complexity index is 1290. The van der Waals surface area contributed by atoms with E-state index in [1.54, 1.807) is 44.2 Å². The Labute approximate surface area is 231 Å². The molecule has 214 valence electrons. The lowest BCUT2D eigenvalue weighted by atomic mass is 9.99. The second-order valence-corrected chi connectivity index (χ2v) is 9.01. The first-order valence-corrected chi connectivity index (χ1v) is 12.7. The van der Waals surface area contributed by atoms with Crippen molar-refractivity contribution in [1.29, 1.82) is 0 Å². The van der Waals surface area contributed by atoms with E-state index >= 15 is 0 Å². The summed E-state index contributed by atoms with van der Waals surface area (Å²) in [5.41, 5.74) is -0.503. The van der Waals surface area contributed by atoms with E-state index in [4.69, 9.17) is 0 Å². The van der Waals surface area contributed by atoms with Gasteiger partial charge in [0, 0.05) is 17.8 Å². The maximum absolute atomic E-state index is 13.1. The van der Waals surface area contributed by atoms with E-state index in [2.05, 4.69) is 20.7 Å². The SMILES string of the molecule is CCC(C)C(NC(=O)Cn1cccc(NC(=O)C(CCC=CC(=O)OC)NC(=O)c2ccccc2)c1=O)C(=O)O. The fraction of sp³-hybridized carbons (Fsp3) is 0.357. The number of carboxylic acids is 1. The lowest BCUT2D eigenvalue weighted by Crippen LogP contribution is -2.47. The topological polar surface area (TPSA) is 173 Å². The van der Waals surface area contributed by atoms with Crippen LogP contribution in [0.2, 0.25) is 0 Å². The molecular formula is C28H34N4O8. The summed E-state index contributed by atoms with van der Waals surface area (Å²) < 4.78 is 5.58. The molecule has 0 aliphatic heterocycles. The molecule has 1 heterocycles. The zero-order chi connectivity index (χ0) is 29.7. The van der Waals surface area contributed by atoms with E-state index in [1.165, 1.54) is 37.6 Å². The molecule has 1 aromatic carbocycles. The molecule has 12 nitrogen and oxygen atoms in total. The maximum atomic E-state index is 13.1. The van der Waals surface area contributed by atoms with E-state index in [1.807, 2.05) is 0 Å². The highest BCUT2D eigenvalue weighted by Gasteiger charge is 2.26. The predicted octanol–water partition coefficient (Wildman–Crippen LogP) is 1.71. The van der Waals surface area contributed by atoms with E-state index in [0.29, 0.717) is 12.0 Å². The number of nitrogens with one attached hydrogen (secondary N) is 3. The molecule has 0 aliphatic carbocycles. The molecule has 0 fully saturated rings. The maximum Gasteiger partial charge on any atom is 0.330 e. The molecule has 0 bridgehead atoms. The van der Waals surface area contributed by atoms with Crippen molar-refractivity contribution < 1.29 is 33.8 Å². The molecule has 2 rings (SSSR count). The van der Waals surface area contributed by atoms with Crippen molar-refractivity contribution in [1.82, 2.24) is 15.2 Å². The van der Waals surface area contributed by atoms with Gasteiger partial charge >= 0.3 is 11.9 Å². The lowest BCUT2D eigenvalue weighted by Gasteiger charge is -2.20. The van der Waals surface area contributed by atoms with Crippen LogP contribution in [0.5, 0.6) is 0 Å². The van der Waals surface area contributed by atoms with Gasteiger partial charge in [-0.3, -0.25) is 19.2 Å². The van der Waals surface area contributed by atoms with E-state index in [9.17, 15) is 33.9 Å². The number of benzene rings is 1. The fourth-order valence-corrected chi connectivity index (χ4v) is 3.64. The molecule has 3 atom stereocenters. The molecule has 3 unspecified atom stereocenters. The van der Waals surface area contributed by atoms with Crippen molar-refractivity contribution in [3.05, 3.63) is 76.7 Å². The average molecular weight is 555 g/mol. The molecule has 0 saturated carbocycles. The molecule has 2 aromatic rings. The predicted molar refractivity (Wildman–Crippen MR) is 146 cm³/mol. The number of esters is 1. The number of aromatic nitrogens is 1. The summed E-state index contributed by atoms with van der Waals surface area (Å²) in [6.45, 7) is 3.03. The minimum Gasteiger partial charge on any atom is -0.480 e. The Kier molecular flexibility index (Phi) is 12.3. The van der Waals surface area contributed by atoms with Crippen LogP contribution in [-0.2, 0) is 30.5 Å². The zero-order valence-corrected chi connectivity index (χ0v) is 22.6. The Morgan fingerprint density at radius 3 is 2.38 bits per heavy atom.